The van der Waals surface area contributed by atoms with Crippen LogP contribution in [0.25, 0.3) is 27.9 Å². The number of benzene rings is 3. The molecule has 0 aliphatic rings. The predicted octanol–water partition coefficient (Wildman–Crippen LogP) is 3.50. The van der Waals surface area contributed by atoms with E-state index in [1.807, 2.05) is 12.1 Å². The van der Waals surface area contributed by atoms with Crippen LogP contribution in [0.4, 0.5) is 10.1 Å². The number of halogens is 1. The summed E-state index contributed by atoms with van der Waals surface area (Å²) in [6.45, 7) is -0.237. The van der Waals surface area contributed by atoms with Crippen LogP contribution in [0.3, 0.4) is 0 Å². The van der Waals surface area contributed by atoms with Gasteiger partial charge in [0.1, 0.15) is 18.1 Å². The van der Waals surface area contributed by atoms with Gasteiger partial charge in [0.2, 0.25) is 5.91 Å². The molecule has 8 nitrogen and oxygen atoms in total. The summed E-state index contributed by atoms with van der Waals surface area (Å²) in [5, 5.41) is 7.78. The normalized spacial score (nSPS) is 11.1. The van der Waals surface area contributed by atoms with Crippen LogP contribution in [0, 0.1) is 5.82 Å². The summed E-state index contributed by atoms with van der Waals surface area (Å²) < 4.78 is 21.1. The fourth-order valence-electron chi connectivity index (χ4n) is 3.69. The minimum absolute atomic E-state index is 0.237. The van der Waals surface area contributed by atoms with Gasteiger partial charge in [0.05, 0.1) is 18.3 Å². The number of carbonyl (C=O) groups excluding carboxylic acids is 1. The van der Waals surface area contributed by atoms with Crippen molar-refractivity contribution in [2.75, 3.05) is 12.4 Å². The zero-order chi connectivity index (χ0) is 22.9. The van der Waals surface area contributed by atoms with Crippen molar-refractivity contribution < 1.29 is 13.9 Å². The van der Waals surface area contributed by atoms with Crippen LogP contribution in [-0.2, 0) is 11.3 Å². The van der Waals surface area contributed by atoms with E-state index >= 15 is 0 Å². The highest BCUT2D eigenvalue weighted by atomic mass is 19.1. The molecule has 164 valence electrons. The molecule has 0 aliphatic heterocycles. The second-order valence-corrected chi connectivity index (χ2v) is 7.31. The first kappa shape index (κ1) is 20.4. The summed E-state index contributed by atoms with van der Waals surface area (Å²) in [6.07, 6.45) is 0. The molecule has 0 spiro atoms. The van der Waals surface area contributed by atoms with E-state index in [4.69, 9.17) is 4.74 Å². The second-order valence-electron chi connectivity index (χ2n) is 7.31. The van der Waals surface area contributed by atoms with E-state index in [1.165, 1.54) is 23.8 Å². The molecule has 2 aromatic heterocycles. The van der Waals surface area contributed by atoms with Gasteiger partial charge in [-0.15, -0.1) is 5.10 Å². The van der Waals surface area contributed by atoms with Gasteiger partial charge in [-0.2, -0.15) is 4.52 Å². The molecule has 5 rings (SSSR count). The molecule has 0 saturated carbocycles. The number of aromatic nitrogens is 4. The van der Waals surface area contributed by atoms with Gasteiger partial charge < -0.3 is 10.1 Å². The number of methoxy groups -OCH3 is 1. The van der Waals surface area contributed by atoms with E-state index in [2.05, 4.69) is 15.4 Å². The lowest BCUT2D eigenvalue weighted by Gasteiger charge is -2.13. The van der Waals surface area contributed by atoms with Crippen molar-refractivity contribution >= 4 is 28.1 Å². The first-order valence-electron chi connectivity index (χ1n) is 10.1. The minimum Gasteiger partial charge on any atom is -0.495 e. The predicted molar refractivity (Wildman–Crippen MR) is 122 cm³/mol. The Balaban J connectivity index is 1.59. The molecule has 1 amide bonds. The fourth-order valence-corrected chi connectivity index (χ4v) is 3.69. The number of ether oxygens (including phenoxy) is 1. The number of nitrogens with one attached hydrogen (secondary N) is 1. The molecule has 0 saturated heterocycles. The number of para-hydroxylation sites is 3. The average Bonchev–Trinajstić information content (AvgIpc) is 3.28. The van der Waals surface area contributed by atoms with E-state index in [9.17, 15) is 14.0 Å². The smallest absolute Gasteiger partial charge is 0.351 e. The zero-order valence-corrected chi connectivity index (χ0v) is 17.5. The van der Waals surface area contributed by atoms with Gasteiger partial charge in [-0.1, -0.05) is 24.3 Å². The fraction of sp³-hybridized carbons (Fsp3) is 0.0833. The number of anilines is 1. The Morgan fingerprint density at radius 3 is 2.55 bits per heavy atom. The topological polar surface area (TPSA) is 90.5 Å². The quantitative estimate of drug-likeness (QED) is 0.449. The van der Waals surface area contributed by atoms with Crippen LogP contribution in [0.1, 0.15) is 0 Å². The second kappa shape index (κ2) is 8.19. The van der Waals surface area contributed by atoms with E-state index in [0.717, 1.165) is 4.52 Å². The average molecular weight is 443 g/mol. The lowest BCUT2D eigenvalue weighted by atomic mass is 10.2. The van der Waals surface area contributed by atoms with Crippen molar-refractivity contribution in [2.24, 2.45) is 0 Å². The van der Waals surface area contributed by atoms with Crippen LogP contribution in [0.15, 0.2) is 77.6 Å². The van der Waals surface area contributed by atoms with Gasteiger partial charge in [-0.3, -0.25) is 9.36 Å². The maximum Gasteiger partial charge on any atom is 0.351 e. The molecule has 2 heterocycles. The van der Waals surface area contributed by atoms with Crippen molar-refractivity contribution in [2.45, 2.75) is 6.54 Å². The largest absolute Gasteiger partial charge is 0.495 e. The zero-order valence-electron chi connectivity index (χ0n) is 17.5. The molecule has 1 N–H and O–H groups in total. The van der Waals surface area contributed by atoms with Crippen LogP contribution >= 0.6 is 0 Å². The Bertz CT molecular complexity index is 1560. The summed E-state index contributed by atoms with van der Waals surface area (Å²) >= 11 is 0. The number of hydrogen-bond acceptors (Lipinski definition) is 5. The third-order valence-corrected chi connectivity index (χ3v) is 5.24. The molecule has 0 radical (unpaired) electrons. The van der Waals surface area contributed by atoms with Gasteiger partial charge in [0.25, 0.3) is 0 Å². The highest BCUT2D eigenvalue weighted by molar-refractivity contribution is 5.95. The molecule has 0 aliphatic carbocycles. The molecule has 33 heavy (non-hydrogen) atoms. The van der Waals surface area contributed by atoms with E-state index in [-0.39, 0.29) is 18.2 Å². The van der Waals surface area contributed by atoms with Crippen LogP contribution in [0.5, 0.6) is 5.75 Å². The van der Waals surface area contributed by atoms with Crippen molar-refractivity contribution in [3.8, 4) is 17.1 Å². The maximum atomic E-state index is 13.3. The highest BCUT2D eigenvalue weighted by Crippen LogP contribution is 2.24. The Labute approximate surface area is 186 Å². The molecule has 5 aromatic rings. The Morgan fingerprint density at radius 1 is 1.03 bits per heavy atom. The number of rotatable bonds is 5. The molecule has 0 bridgehead atoms. The Kier molecular flexibility index (Phi) is 5.06. The molecule has 0 atom stereocenters. The Morgan fingerprint density at radius 2 is 1.76 bits per heavy atom. The molecule has 0 fully saturated rings. The standard InChI is InChI=1S/C24H18FN5O3/c1-33-20-9-5-3-7-18(20)26-21(31)14-29-19-8-4-2-6-17(19)23-27-22(28-30(23)24(29)32)15-10-12-16(25)13-11-15/h2-13H,14H2,1H3,(H,26,31). The number of hydrogen-bond donors (Lipinski definition) is 1. The van der Waals surface area contributed by atoms with Crippen molar-refractivity contribution in [3.63, 3.8) is 0 Å². The van der Waals surface area contributed by atoms with Gasteiger partial charge >= 0.3 is 5.69 Å². The van der Waals surface area contributed by atoms with E-state index in [1.54, 1.807) is 48.5 Å². The first-order valence-corrected chi connectivity index (χ1v) is 10.1. The molecule has 3 aromatic carbocycles. The molecule has 0 unspecified atom stereocenters. The first-order chi connectivity index (χ1) is 16.0. The number of carbonyl (C=O) groups is 1. The summed E-state index contributed by atoms with van der Waals surface area (Å²) in [4.78, 5) is 30.7. The van der Waals surface area contributed by atoms with Gasteiger partial charge in [-0.05, 0) is 48.5 Å². The summed E-state index contributed by atoms with van der Waals surface area (Å²) in [6, 6.07) is 19.9. The molecule has 9 heteroatoms. The SMILES string of the molecule is COc1ccccc1NC(=O)Cn1c(=O)n2nc(-c3ccc(F)cc3)nc2c2ccccc21. The van der Waals surface area contributed by atoms with Gasteiger partial charge in [0, 0.05) is 10.9 Å². The minimum atomic E-state index is -0.514. The summed E-state index contributed by atoms with van der Waals surface area (Å²) in [7, 11) is 1.51. The van der Waals surface area contributed by atoms with Crippen LogP contribution in [-0.4, -0.2) is 32.2 Å². The van der Waals surface area contributed by atoms with Crippen LogP contribution < -0.4 is 15.7 Å². The molecular weight excluding hydrogens is 425 g/mol. The van der Waals surface area contributed by atoms with E-state index < -0.39 is 11.6 Å². The summed E-state index contributed by atoms with van der Waals surface area (Å²) in [5.41, 5.74) is 1.46. The van der Waals surface area contributed by atoms with Crippen molar-refractivity contribution in [3.05, 3.63) is 89.1 Å². The third kappa shape index (κ3) is 3.69. The lowest BCUT2D eigenvalue weighted by molar-refractivity contribution is -0.116. The number of amides is 1. The number of nitrogens with zero attached hydrogens (tertiary/aromatic N) is 4. The summed E-state index contributed by atoms with van der Waals surface area (Å²) in [5.74, 6) is 0.0218. The van der Waals surface area contributed by atoms with E-state index in [0.29, 0.717) is 33.6 Å². The lowest BCUT2D eigenvalue weighted by Crippen LogP contribution is -2.32. The van der Waals surface area contributed by atoms with Crippen LogP contribution in [0.2, 0.25) is 0 Å². The van der Waals surface area contributed by atoms with Gasteiger partial charge in [0.15, 0.2) is 11.5 Å². The third-order valence-electron chi connectivity index (χ3n) is 5.24. The Hall–Kier alpha value is -4.53. The molecular formula is C24H18FN5O3. The number of fused-ring (bicyclic) bond motifs is 3. The van der Waals surface area contributed by atoms with Crippen molar-refractivity contribution in [1.82, 2.24) is 19.2 Å². The van der Waals surface area contributed by atoms with Gasteiger partial charge in [-0.25, -0.2) is 14.2 Å². The highest BCUT2D eigenvalue weighted by Gasteiger charge is 2.18. The maximum absolute atomic E-state index is 13.3. The van der Waals surface area contributed by atoms with Crippen molar-refractivity contribution in [1.29, 1.82) is 0 Å². The monoisotopic (exact) mass is 443 g/mol.